The molecule has 0 aliphatic heterocycles. The van der Waals surface area contributed by atoms with Gasteiger partial charge in [0.2, 0.25) is 0 Å². The monoisotopic (exact) mass is 362 g/mol. The number of ether oxygens (including phenoxy) is 1. The van der Waals surface area contributed by atoms with Crippen LogP contribution in [-0.2, 0) is 6.54 Å². The van der Waals surface area contributed by atoms with Gasteiger partial charge in [-0.15, -0.1) is 0 Å². The third-order valence-electron chi connectivity index (χ3n) is 3.67. The van der Waals surface area contributed by atoms with Crippen molar-refractivity contribution in [2.24, 2.45) is 0 Å². The third-order valence-corrected chi connectivity index (χ3v) is 3.67. The fourth-order valence-corrected chi connectivity index (χ4v) is 2.33. The van der Waals surface area contributed by atoms with Crippen molar-refractivity contribution < 1.29 is 24.0 Å². The number of hydrogen-bond donors (Lipinski definition) is 1. The Morgan fingerprint density at radius 3 is 2.27 bits per heavy atom. The Kier molecular flexibility index (Phi) is 5.44. The van der Waals surface area contributed by atoms with Gasteiger partial charge in [0.1, 0.15) is 17.3 Å². The molecule has 7 nitrogen and oxygen atoms in total. The number of hydrogen-bond acceptors (Lipinski definition) is 4. The smallest absolute Gasteiger partial charge is 0.408 e. The number of carbonyl (C=O) groups is 1. The van der Waals surface area contributed by atoms with Gasteiger partial charge >= 0.3 is 6.09 Å². The van der Waals surface area contributed by atoms with E-state index in [-0.39, 0.29) is 23.5 Å². The molecule has 2 aromatic rings. The van der Waals surface area contributed by atoms with Gasteiger partial charge in [0.05, 0.1) is 17.0 Å². The predicted molar refractivity (Wildman–Crippen MR) is 92.9 cm³/mol. The van der Waals surface area contributed by atoms with E-state index in [2.05, 4.69) is 0 Å². The summed E-state index contributed by atoms with van der Waals surface area (Å²) in [5.41, 5.74) is -0.744. The van der Waals surface area contributed by atoms with Crippen LogP contribution in [0.3, 0.4) is 0 Å². The van der Waals surface area contributed by atoms with E-state index in [4.69, 9.17) is 4.74 Å². The first-order chi connectivity index (χ1) is 12.1. The van der Waals surface area contributed by atoms with Crippen molar-refractivity contribution in [2.75, 3.05) is 0 Å². The summed E-state index contributed by atoms with van der Waals surface area (Å²) in [5.74, 6) is 0.234. The molecule has 1 amide bonds. The van der Waals surface area contributed by atoms with Crippen LogP contribution in [0.1, 0.15) is 26.3 Å². The van der Waals surface area contributed by atoms with Crippen LogP contribution >= 0.6 is 0 Å². The second kappa shape index (κ2) is 7.38. The van der Waals surface area contributed by atoms with E-state index in [1.165, 1.54) is 42.5 Å². The lowest BCUT2D eigenvalue weighted by molar-refractivity contribution is -0.385. The second-order valence-corrected chi connectivity index (χ2v) is 6.64. The fraction of sp³-hybridized carbons (Fsp3) is 0.278. The number of rotatable bonds is 5. The molecule has 2 rings (SSSR count). The van der Waals surface area contributed by atoms with Crippen LogP contribution in [0.15, 0.2) is 42.5 Å². The van der Waals surface area contributed by atoms with Crippen molar-refractivity contribution in [1.29, 1.82) is 0 Å². The predicted octanol–water partition coefficient (Wildman–Crippen LogP) is 4.80. The number of nitro groups is 1. The molecular formula is C18H19FN2O5. The molecule has 0 aliphatic carbocycles. The molecular weight excluding hydrogens is 343 g/mol. The molecule has 2 aromatic carbocycles. The maximum absolute atomic E-state index is 13.0. The van der Waals surface area contributed by atoms with Crippen LogP contribution in [0.4, 0.5) is 14.9 Å². The van der Waals surface area contributed by atoms with Crippen molar-refractivity contribution in [1.82, 2.24) is 4.90 Å². The Morgan fingerprint density at radius 2 is 1.77 bits per heavy atom. The molecule has 0 radical (unpaired) electrons. The van der Waals surface area contributed by atoms with Gasteiger partial charge in [-0.05, 0) is 57.2 Å². The molecule has 0 aliphatic rings. The molecule has 0 spiro atoms. The summed E-state index contributed by atoms with van der Waals surface area (Å²) >= 11 is 0. The Bertz CT molecular complexity index is 815. The van der Waals surface area contributed by atoms with Crippen molar-refractivity contribution >= 4 is 11.8 Å². The lowest BCUT2D eigenvalue weighted by atomic mass is 10.0. The van der Waals surface area contributed by atoms with Crippen molar-refractivity contribution in [2.45, 2.75) is 32.9 Å². The van der Waals surface area contributed by atoms with Crippen LogP contribution in [0, 0.1) is 15.9 Å². The minimum absolute atomic E-state index is 0.171. The van der Waals surface area contributed by atoms with E-state index in [0.29, 0.717) is 5.75 Å². The Morgan fingerprint density at radius 1 is 1.19 bits per heavy atom. The molecule has 0 aromatic heterocycles. The molecule has 0 atom stereocenters. The summed E-state index contributed by atoms with van der Waals surface area (Å²) in [6.45, 7) is 4.93. The van der Waals surface area contributed by atoms with Gasteiger partial charge in [-0.25, -0.2) is 9.18 Å². The summed E-state index contributed by atoms with van der Waals surface area (Å²) < 4.78 is 18.6. The maximum Gasteiger partial charge on any atom is 0.408 e. The Labute approximate surface area is 149 Å². The Balaban J connectivity index is 2.37. The highest BCUT2D eigenvalue weighted by Crippen LogP contribution is 2.30. The molecule has 0 bridgehead atoms. The first-order valence-electron chi connectivity index (χ1n) is 7.79. The zero-order chi connectivity index (χ0) is 19.5. The highest BCUT2D eigenvalue weighted by molar-refractivity contribution is 5.66. The van der Waals surface area contributed by atoms with Gasteiger partial charge in [0, 0.05) is 11.6 Å². The average molecular weight is 362 g/mol. The van der Waals surface area contributed by atoms with Crippen molar-refractivity contribution in [3.8, 4) is 11.5 Å². The number of carboxylic acid groups (broad SMARTS) is 1. The van der Waals surface area contributed by atoms with Crippen molar-refractivity contribution in [3.63, 3.8) is 0 Å². The molecule has 0 saturated heterocycles. The molecule has 8 heteroatoms. The zero-order valence-electron chi connectivity index (χ0n) is 14.6. The number of halogens is 1. The molecule has 26 heavy (non-hydrogen) atoms. The SMILES string of the molecule is CC(C)(C)N(Cc1cc(Oc2ccc(F)cc2)ccc1[N+](=O)[O-])C(=O)O. The van der Waals surface area contributed by atoms with Gasteiger partial charge in [0.25, 0.3) is 5.69 Å². The van der Waals surface area contributed by atoms with Gasteiger partial charge in [0.15, 0.2) is 0 Å². The van der Waals surface area contributed by atoms with Crippen LogP contribution in [0.5, 0.6) is 11.5 Å². The van der Waals surface area contributed by atoms with E-state index < -0.39 is 22.4 Å². The fourth-order valence-electron chi connectivity index (χ4n) is 2.33. The minimum atomic E-state index is -1.18. The van der Waals surface area contributed by atoms with E-state index >= 15 is 0 Å². The summed E-state index contributed by atoms with van der Waals surface area (Å²) in [6, 6.07) is 9.40. The topological polar surface area (TPSA) is 92.9 Å². The number of nitro benzene ring substituents is 1. The number of nitrogens with zero attached hydrogens (tertiary/aromatic N) is 2. The summed E-state index contributed by atoms with van der Waals surface area (Å²) in [7, 11) is 0. The minimum Gasteiger partial charge on any atom is -0.465 e. The van der Waals surface area contributed by atoms with Crippen LogP contribution in [-0.4, -0.2) is 26.6 Å². The lowest BCUT2D eigenvalue weighted by Crippen LogP contribution is -2.44. The van der Waals surface area contributed by atoms with E-state index in [0.717, 1.165) is 4.90 Å². The maximum atomic E-state index is 13.0. The van der Waals surface area contributed by atoms with E-state index in [1.54, 1.807) is 20.8 Å². The normalized spacial score (nSPS) is 11.1. The molecule has 1 N–H and O–H groups in total. The first kappa shape index (κ1) is 19.2. The first-order valence-corrected chi connectivity index (χ1v) is 7.79. The summed E-state index contributed by atoms with van der Waals surface area (Å²) in [6.07, 6.45) is -1.18. The quantitative estimate of drug-likeness (QED) is 0.609. The molecule has 0 unspecified atom stereocenters. The lowest BCUT2D eigenvalue weighted by Gasteiger charge is -2.33. The van der Waals surface area contributed by atoms with Gasteiger partial charge in [-0.3, -0.25) is 15.0 Å². The highest BCUT2D eigenvalue weighted by atomic mass is 19.1. The number of benzene rings is 2. The van der Waals surface area contributed by atoms with Crippen molar-refractivity contribution in [3.05, 3.63) is 64.0 Å². The molecule has 0 heterocycles. The number of amides is 1. The third kappa shape index (κ3) is 4.69. The van der Waals surface area contributed by atoms with Gasteiger partial charge in [-0.1, -0.05) is 0 Å². The standard InChI is InChI=1S/C18H19FN2O5/c1-18(2,3)20(17(22)23)11-12-10-15(8-9-16(12)21(24)25)26-14-6-4-13(19)5-7-14/h4-10H,11H2,1-3H3,(H,22,23). The van der Waals surface area contributed by atoms with Crippen LogP contribution in [0.2, 0.25) is 0 Å². The molecule has 0 fully saturated rings. The van der Waals surface area contributed by atoms with Gasteiger partial charge < -0.3 is 9.84 Å². The molecule has 0 saturated carbocycles. The van der Waals surface area contributed by atoms with Crippen LogP contribution in [0.25, 0.3) is 0 Å². The highest BCUT2D eigenvalue weighted by Gasteiger charge is 2.29. The second-order valence-electron chi connectivity index (χ2n) is 6.64. The van der Waals surface area contributed by atoms with Gasteiger partial charge in [-0.2, -0.15) is 0 Å². The summed E-state index contributed by atoms with van der Waals surface area (Å²) in [5, 5.41) is 20.7. The Hall–Kier alpha value is -3.16. The summed E-state index contributed by atoms with van der Waals surface area (Å²) in [4.78, 5) is 23.4. The van der Waals surface area contributed by atoms with Crippen LogP contribution < -0.4 is 4.74 Å². The van der Waals surface area contributed by atoms with E-state index in [1.807, 2.05) is 0 Å². The van der Waals surface area contributed by atoms with E-state index in [9.17, 15) is 24.4 Å². The zero-order valence-corrected chi connectivity index (χ0v) is 14.6. The molecule has 138 valence electrons. The largest absolute Gasteiger partial charge is 0.465 e. The average Bonchev–Trinajstić information content (AvgIpc) is 2.53.